The SMILES string of the molecule is O=C(O)c1ccc(OCCc2cn(C(c3ccccc3)c3ccccc3)c3ccc(Cl)cc23)cc1. The number of ether oxygens (including phenoxy) is 1. The maximum atomic E-state index is 11.1. The van der Waals surface area contributed by atoms with Crippen LogP contribution in [0.15, 0.2) is 109 Å². The van der Waals surface area contributed by atoms with Crippen molar-refractivity contribution in [3.63, 3.8) is 0 Å². The third-order valence-corrected chi connectivity index (χ3v) is 6.36. The van der Waals surface area contributed by atoms with Crippen molar-refractivity contribution in [3.8, 4) is 5.75 Å². The monoisotopic (exact) mass is 481 g/mol. The molecule has 1 N–H and O–H groups in total. The zero-order valence-corrected chi connectivity index (χ0v) is 19.7. The number of carboxylic acids is 1. The fourth-order valence-corrected chi connectivity index (χ4v) is 4.64. The number of benzene rings is 4. The molecule has 0 saturated carbocycles. The van der Waals surface area contributed by atoms with Crippen LogP contribution >= 0.6 is 11.6 Å². The average Bonchev–Trinajstić information content (AvgIpc) is 3.23. The fourth-order valence-electron chi connectivity index (χ4n) is 4.47. The van der Waals surface area contributed by atoms with Gasteiger partial charge in [0, 0.05) is 28.5 Å². The minimum absolute atomic E-state index is 0.0132. The highest BCUT2D eigenvalue weighted by Crippen LogP contribution is 2.34. The van der Waals surface area contributed by atoms with Gasteiger partial charge in [0.2, 0.25) is 0 Å². The summed E-state index contributed by atoms with van der Waals surface area (Å²) < 4.78 is 8.24. The quantitative estimate of drug-likeness (QED) is 0.254. The van der Waals surface area contributed by atoms with E-state index in [-0.39, 0.29) is 11.6 Å². The zero-order valence-electron chi connectivity index (χ0n) is 19.0. The van der Waals surface area contributed by atoms with Gasteiger partial charge < -0.3 is 14.4 Å². The highest BCUT2D eigenvalue weighted by molar-refractivity contribution is 6.31. The van der Waals surface area contributed by atoms with E-state index in [0.717, 1.165) is 16.5 Å². The molecule has 0 spiro atoms. The Balaban J connectivity index is 1.49. The van der Waals surface area contributed by atoms with Crippen LogP contribution in [0.1, 0.15) is 33.1 Å². The van der Waals surface area contributed by atoms with Gasteiger partial charge in [-0.25, -0.2) is 4.79 Å². The van der Waals surface area contributed by atoms with E-state index in [1.807, 2.05) is 24.3 Å². The van der Waals surface area contributed by atoms with Crippen LogP contribution in [0.3, 0.4) is 0 Å². The van der Waals surface area contributed by atoms with Crippen molar-refractivity contribution in [3.05, 3.63) is 137 Å². The molecule has 4 nitrogen and oxygen atoms in total. The van der Waals surface area contributed by atoms with Crippen LogP contribution in [0.25, 0.3) is 10.9 Å². The van der Waals surface area contributed by atoms with Crippen molar-refractivity contribution in [2.45, 2.75) is 12.5 Å². The topological polar surface area (TPSA) is 51.5 Å². The molecule has 35 heavy (non-hydrogen) atoms. The van der Waals surface area contributed by atoms with E-state index < -0.39 is 5.97 Å². The molecule has 0 aliphatic rings. The molecular formula is C30H24ClNO3. The Hall–Kier alpha value is -4.02. The second-order valence-electron chi connectivity index (χ2n) is 8.37. The summed E-state index contributed by atoms with van der Waals surface area (Å²) >= 11 is 6.40. The number of fused-ring (bicyclic) bond motifs is 1. The molecule has 4 aromatic carbocycles. The summed E-state index contributed by atoms with van der Waals surface area (Å²) in [6.07, 6.45) is 2.88. The summed E-state index contributed by atoms with van der Waals surface area (Å²) in [4.78, 5) is 11.1. The second-order valence-corrected chi connectivity index (χ2v) is 8.81. The lowest BCUT2D eigenvalue weighted by molar-refractivity contribution is 0.0697. The Morgan fingerprint density at radius 1 is 0.857 bits per heavy atom. The first kappa shape index (κ1) is 22.8. The first-order valence-electron chi connectivity index (χ1n) is 11.4. The summed E-state index contributed by atoms with van der Waals surface area (Å²) in [7, 11) is 0. The third kappa shape index (κ3) is 4.93. The van der Waals surface area contributed by atoms with Crippen LogP contribution < -0.4 is 4.74 Å². The predicted octanol–water partition coefficient (Wildman–Crippen LogP) is 7.25. The zero-order chi connectivity index (χ0) is 24.2. The van der Waals surface area contributed by atoms with Gasteiger partial charge in [0.05, 0.1) is 18.2 Å². The first-order valence-corrected chi connectivity index (χ1v) is 11.8. The number of rotatable bonds is 8. The van der Waals surface area contributed by atoms with Crippen LogP contribution in [-0.4, -0.2) is 22.2 Å². The summed E-state index contributed by atoms with van der Waals surface area (Å²) in [6, 6.07) is 33.5. The minimum Gasteiger partial charge on any atom is -0.493 e. The molecule has 1 aromatic heterocycles. The standard InChI is InChI=1S/C30H24ClNO3/c31-25-13-16-28-27(19-25)24(17-18-35-26-14-11-23(12-15-26)30(33)34)20-32(28)29(21-7-3-1-4-8-21)22-9-5-2-6-10-22/h1-16,19-20,29H,17-18H2,(H,33,34). The maximum absolute atomic E-state index is 11.1. The van der Waals surface area contributed by atoms with E-state index in [9.17, 15) is 4.79 Å². The lowest BCUT2D eigenvalue weighted by atomic mass is 9.98. The largest absolute Gasteiger partial charge is 0.493 e. The van der Waals surface area contributed by atoms with Crippen LogP contribution in [0.4, 0.5) is 0 Å². The lowest BCUT2D eigenvalue weighted by Crippen LogP contribution is -2.11. The van der Waals surface area contributed by atoms with Gasteiger partial charge in [-0.2, -0.15) is 0 Å². The summed E-state index contributed by atoms with van der Waals surface area (Å²) in [5, 5.41) is 10.9. The van der Waals surface area contributed by atoms with Crippen molar-refractivity contribution < 1.29 is 14.6 Å². The lowest BCUT2D eigenvalue weighted by Gasteiger charge is -2.21. The van der Waals surface area contributed by atoms with Crippen molar-refractivity contribution >= 4 is 28.5 Å². The molecule has 0 saturated heterocycles. The van der Waals surface area contributed by atoms with Gasteiger partial charge in [0.1, 0.15) is 5.75 Å². The van der Waals surface area contributed by atoms with Crippen molar-refractivity contribution in [1.82, 2.24) is 4.57 Å². The Labute approximate surface area is 209 Å². The molecule has 0 atom stereocenters. The molecule has 5 rings (SSSR count). The molecule has 0 aliphatic heterocycles. The number of carboxylic acid groups (broad SMARTS) is 1. The third-order valence-electron chi connectivity index (χ3n) is 6.13. The molecule has 0 bridgehead atoms. The Morgan fingerprint density at radius 3 is 2.09 bits per heavy atom. The second kappa shape index (κ2) is 10.1. The normalized spacial score (nSPS) is 11.1. The first-order chi connectivity index (χ1) is 17.1. The number of aromatic nitrogens is 1. The van der Waals surface area contributed by atoms with E-state index in [1.54, 1.807) is 24.3 Å². The minimum atomic E-state index is -0.951. The van der Waals surface area contributed by atoms with Gasteiger partial charge in [-0.15, -0.1) is 0 Å². The average molecular weight is 482 g/mol. The van der Waals surface area contributed by atoms with Crippen LogP contribution in [0, 0.1) is 0 Å². The van der Waals surface area contributed by atoms with Gasteiger partial charge in [-0.3, -0.25) is 0 Å². The Morgan fingerprint density at radius 2 is 1.49 bits per heavy atom. The van der Waals surface area contributed by atoms with Gasteiger partial charge in [-0.1, -0.05) is 72.3 Å². The van der Waals surface area contributed by atoms with Crippen LogP contribution in [-0.2, 0) is 6.42 Å². The van der Waals surface area contributed by atoms with Gasteiger partial charge in [0.15, 0.2) is 0 Å². The number of carbonyl (C=O) groups is 1. The number of hydrogen-bond acceptors (Lipinski definition) is 2. The van der Waals surface area contributed by atoms with Gasteiger partial charge >= 0.3 is 5.97 Å². The van der Waals surface area contributed by atoms with Crippen molar-refractivity contribution in [2.24, 2.45) is 0 Å². The summed E-state index contributed by atoms with van der Waals surface area (Å²) in [5.41, 5.74) is 4.89. The summed E-state index contributed by atoms with van der Waals surface area (Å²) in [6.45, 7) is 0.458. The molecule has 5 heteroatoms. The van der Waals surface area contributed by atoms with Crippen LogP contribution in [0.2, 0.25) is 5.02 Å². The molecule has 1 heterocycles. The van der Waals surface area contributed by atoms with Gasteiger partial charge in [-0.05, 0) is 59.2 Å². The molecule has 174 valence electrons. The van der Waals surface area contributed by atoms with E-state index in [1.165, 1.54) is 11.1 Å². The molecule has 0 fully saturated rings. The highest BCUT2D eigenvalue weighted by atomic mass is 35.5. The molecular weight excluding hydrogens is 458 g/mol. The fraction of sp³-hybridized carbons (Fsp3) is 0.100. The number of hydrogen-bond donors (Lipinski definition) is 1. The van der Waals surface area contributed by atoms with Crippen molar-refractivity contribution in [1.29, 1.82) is 0 Å². The van der Waals surface area contributed by atoms with E-state index >= 15 is 0 Å². The Bertz CT molecular complexity index is 1400. The smallest absolute Gasteiger partial charge is 0.335 e. The molecule has 0 amide bonds. The number of aromatic carboxylic acids is 1. The molecule has 0 unspecified atom stereocenters. The summed E-state index contributed by atoms with van der Waals surface area (Å²) in [5.74, 6) is -0.309. The van der Waals surface area contributed by atoms with E-state index in [4.69, 9.17) is 21.4 Å². The predicted molar refractivity (Wildman–Crippen MR) is 140 cm³/mol. The van der Waals surface area contributed by atoms with Crippen molar-refractivity contribution in [2.75, 3.05) is 6.61 Å². The molecule has 5 aromatic rings. The van der Waals surface area contributed by atoms with E-state index in [2.05, 4.69) is 65.4 Å². The highest BCUT2D eigenvalue weighted by Gasteiger charge is 2.20. The van der Waals surface area contributed by atoms with Crippen LogP contribution in [0.5, 0.6) is 5.75 Å². The Kier molecular flexibility index (Phi) is 6.55. The molecule has 0 aliphatic carbocycles. The number of nitrogens with zero attached hydrogens (tertiary/aromatic N) is 1. The van der Waals surface area contributed by atoms with Gasteiger partial charge in [0.25, 0.3) is 0 Å². The van der Waals surface area contributed by atoms with E-state index in [0.29, 0.717) is 23.8 Å². The maximum Gasteiger partial charge on any atom is 0.335 e. The molecule has 0 radical (unpaired) electrons. The number of halogens is 1.